The van der Waals surface area contributed by atoms with Gasteiger partial charge in [0.1, 0.15) is 0 Å². The Bertz CT molecular complexity index is 389. The lowest BCUT2D eigenvalue weighted by Gasteiger charge is -2.34. The van der Waals surface area contributed by atoms with E-state index in [1.165, 1.54) is 51.5 Å². The summed E-state index contributed by atoms with van der Waals surface area (Å²) < 4.78 is 0. The van der Waals surface area contributed by atoms with Gasteiger partial charge in [0.15, 0.2) is 0 Å². The molecule has 1 N–H and O–H groups in total. The molecule has 1 atom stereocenters. The number of hydrogen-bond donors (Lipinski definition) is 1. The quantitative estimate of drug-likeness (QED) is 0.916. The smallest absolute Gasteiger partial charge is 0.225 e. The van der Waals surface area contributed by atoms with Gasteiger partial charge >= 0.3 is 0 Å². The van der Waals surface area contributed by atoms with Gasteiger partial charge in [-0.3, -0.25) is 0 Å². The van der Waals surface area contributed by atoms with Gasteiger partial charge in [-0.2, -0.15) is 0 Å². The Kier molecular flexibility index (Phi) is 4.85. The van der Waals surface area contributed by atoms with E-state index in [4.69, 9.17) is 0 Å². The number of nitrogens with one attached hydrogen (secondary N) is 1. The molecule has 1 aromatic heterocycles. The Morgan fingerprint density at radius 1 is 1.05 bits per heavy atom. The van der Waals surface area contributed by atoms with Crippen LogP contribution in [0.3, 0.4) is 0 Å². The SMILES string of the molecule is c1cnc(N2CCCC(NCC3CCCCC3)C2)nc1. The molecule has 2 heterocycles. The molecule has 0 spiro atoms. The zero-order chi connectivity index (χ0) is 13.6. The fraction of sp³-hybridized carbons (Fsp3) is 0.750. The van der Waals surface area contributed by atoms with E-state index in [0.29, 0.717) is 6.04 Å². The normalized spacial score (nSPS) is 24.8. The number of piperidine rings is 1. The van der Waals surface area contributed by atoms with Gasteiger partial charge in [-0.05, 0) is 44.2 Å². The minimum atomic E-state index is 0.606. The van der Waals surface area contributed by atoms with Crippen molar-refractivity contribution in [2.45, 2.75) is 51.0 Å². The van der Waals surface area contributed by atoms with Crippen LogP contribution in [0.4, 0.5) is 5.95 Å². The maximum atomic E-state index is 4.37. The summed E-state index contributed by atoms with van der Waals surface area (Å²) in [5, 5.41) is 3.79. The fourth-order valence-electron chi connectivity index (χ4n) is 3.50. The molecule has 0 aromatic carbocycles. The van der Waals surface area contributed by atoms with Crippen LogP contribution < -0.4 is 10.2 Å². The first-order valence-electron chi connectivity index (χ1n) is 8.17. The van der Waals surface area contributed by atoms with Crippen molar-refractivity contribution in [3.8, 4) is 0 Å². The van der Waals surface area contributed by atoms with E-state index in [2.05, 4.69) is 20.2 Å². The third-order valence-electron chi connectivity index (χ3n) is 4.68. The van der Waals surface area contributed by atoms with Crippen LogP contribution in [0.15, 0.2) is 18.5 Å². The van der Waals surface area contributed by atoms with Crippen molar-refractivity contribution in [1.29, 1.82) is 0 Å². The van der Waals surface area contributed by atoms with Crippen LogP contribution in [-0.4, -0.2) is 35.6 Å². The lowest BCUT2D eigenvalue weighted by molar-refractivity contribution is 0.314. The molecule has 2 aliphatic rings. The van der Waals surface area contributed by atoms with Crippen molar-refractivity contribution < 1.29 is 0 Å². The second-order valence-electron chi connectivity index (χ2n) is 6.25. The number of aromatic nitrogens is 2. The van der Waals surface area contributed by atoms with E-state index >= 15 is 0 Å². The first-order valence-corrected chi connectivity index (χ1v) is 8.17. The summed E-state index contributed by atoms with van der Waals surface area (Å²) in [6, 6.07) is 2.49. The van der Waals surface area contributed by atoms with Gasteiger partial charge in [-0.25, -0.2) is 9.97 Å². The molecule has 20 heavy (non-hydrogen) atoms. The number of rotatable bonds is 4. The molecule has 0 bridgehead atoms. The summed E-state index contributed by atoms with van der Waals surface area (Å²) in [6.45, 7) is 3.34. The summed E-state index contributed by atoms with van der Waals surface area (Å²) in [5.74, 6) is 1.80. The third kappa shape index (κ3) is 3.69. The summed E-state index contributed by atoms with van der Waals surface area (Å²) in [4.78, 5) is 11.1. The van der Waals surface area contributed by atoms with Gasteiger partial charge in [-0.15, -0.1) is 0 Å². The lowest BCUT2D eigenvalue weighted by Crippen LogP contribution is -2.47. The van der Waals surface area contributed by atoms with Crippen molar-refractivity contribution in [1.82, 2.24) is 15.3 Å². The highest BCUT2D eigenvalue weighted by atomic mass is 15.3. The molecule has 0 amide bonds. The van der Waals surface area contributed by atoms with Gasteiger partial charge in [0.25, 0.3) is 0 Å². The largest absolute Gasteiger partial charge is 0.339 e. The minimum absolute atomic E-state index is 0.606. The predicted octanol–water partition coefficient (Wildman–Crippen LogP) is 2.62. The van der Waals surface area contributed by atoms with Crippen LogP contribution in [-0.2, 0) is 0 Å². The molecular formula is C16H26N4. The zero-order valence-corrected chi connectivity index (χ0v) is 12.3. The standard InChI is InChI=1S/C16H26N4/c1-2-6-14(7-3-1)12-19-15-8-4-11-20(13-15)16-17-9-5-10-18-16/h5,9-10,14-15,19H,1-4,6-8,11-13H2. The maximum Gasteiger partial charge on any atom is 0.225 e. The van der Waals surface area contributed by atoms with Gasteiger partial charge in [0, 0.05) is 31.5 Å². The van der Waals surface area contributed by atoms with Crippen LogP contribution in [0.1, 0.15) is 44.9 Å². The summed E-state index contributed by atoms with van der Waals surface area (Å²) in [6.07, 6.45) is 13.3. The van der Waals surface area contributed by atoms with E-state index in [-0.39, 0.29) is 0 Å². The maximum absolute atomic E-state index is 4.37. The zero-order valence-electron chi connectivity index (χ0n) is 12.3. The first-order chi connectivity index (χ1) is 9.92. The van der Waals surface area contributed by atoms with E-state index in [9.17, 15) is 0 Å². The Labute approximate surface area is 122 Å². The Hall–Kier alpha value is -1.16. The summed E-state index contributed by atoms with van der Waals surface area (Å²) >= 11 is 0. The molecule has 4 nitrogen and oxygen atoms in total. The first kappa shape index (κ1) is 13.8. The molecule has 1 saturated carbocycles. The average Bonchev–Trinajstić information content (AvgIpc) is 2.55. The van der Waals surface area contributed by atoms with E-state index in [1.807, 2.05) is 18.5 Å². The number of hydrogen-bond acceptors (Lipinski definition) is 4. The second-order valence-corrected chi connectivity index (χ2v) is 6.25. The molecule has 4 heteroatoms. The van der Waals surface area contributed by atoms with Crippen LogP contribution in [0.5, 0.6) is 0 Å². The molecule has 1 aromatic rings. The molecule has 1 unspecified atom stereocenters. The van der Waals surface area contributed by atoms with Crippen LogP contribution in [0.25, 0.3) is 0 Å². The highest BCUT2D eigenvalue weighted by Gasteiger charge is 2.22. The molecule has 1 aliphatic heterocycles. The summed E-state index contributed by atoms with van der Waals surface area (Å²) in [7, 11) is 0. The Morgan fingerprint density at radius 3 is 2.65 bits per heavy atom. The highest BCUT2D eigenvalue weighted by molar-refractivity contribution is 5.29. The predicted molar refractivity (Wildman–Crippen MR) is 81.8 cm³/mol. The van der Waals surface area contributed by atoms with Gasteiger partial charge in [0.2, 0.25) is 5.95 Å². The van der Waals surface area contributed by atoms with Crippen molar-refractivity contribution in [3.63, 3.8) is 0 Å². The summed E-state index contributed by atoms with van der Waals surface area (Å²) in [5.41, 5.74) is 0. The monoisotopic (exact) mass is 274 g/mol. The minimum Gasteiger partial charge on any atom is -0.339 e. The molecule has 110 valence electrons. The van der Waals surface area contributed by atoms with Crippen LogP contribution >= 0.6 is 0 Å². The highest BCUT2D eigenvalue weighted by Crippen LogP contribution is 2.23. The molecule has 0 radical (unpaired) electrons. The molecule has 1 saturated heterocycles. The van der Waals surface area contributed by atoms with Crippen molar-refractivity contribution >= 4 is 5.95 Å². The van der Waals surface area contributed by atoms with Gasteiger partial charge in [-0.1, -0.05) is 19.3 Å². The molecule has 2 fully saturated rings. The molecule has 3 rings (SSSR count). The average molecular weight is 274 g/mol. The fourth-order valence-corrected chi connectivity index (χ4v) is 3.50. The van der Waals surface area contributed by atoms with E-state index < -0.39 is 0 Å². The lowest BCUT2D eigenvalue weighted by atomic mass is 9.89. The number of nitrogens with zero attached hydrogens (tertiary/aromatic N) is 3. The second kappa shape index (κ2) is 7.02. The van der Waals surface area contributed by atoms with Crippen molar-refractivity contribution in [2.24, 2.45) is 5.92 Å². The topological polar surface area (TPSA) is 41.1 Å². The van der Waals surface area contributed by atoms with E-state index in [1.54, 1.807) is 0 Å². The van der Waals surface area contributed by atoms with Crippen LogP contribution in [0, 0.1) is 5.92 Å². The van der Waals surface area contributed by atoms with E-state index in [0.717, 1.165) is 25.0 Å². The number of anilines is 1. The van der Waals surface area contributed by atoms with Gasteiger partial charge < -0.3 is 10.2 Å². The Morgan fingerprint density at radius 2 is 1.85 bits per heavy atom. The third-order valence-corrected chi connectivity index (χ3v) is 4.68. The Balaban J connectivity index is 1.48. The molecule has 1 aliphatic carbocycles. The van der Waals surface area contributed by atoms with Crippen LogP contribution in [0.2, 0.25) is 0 Å². The molecular weight excluding hydrogens is 248 g/mol. The van der Waals surface area contributed by atoms with Crippen molar-refractivity contribution in [2.75, 3.05) is 24.5 Å². The van der Waals surface area contributed by atoms with Crippen molar-refractivity contribution in [3.05, 3.63) is 18.5 Å². The van der Waals surface area contributed by atoms with Gasteiger partial charge in [0.05, 0.1) is 0 Å².